The zero-order valence-corrected chi connectivity index (χ0v) is 15.8. The summed E-state index contributed by atoms with van der Waals surface area (Å²) in [6, 6.07) is 0. The van der Waals surface area contributed by atoms with Crippen molar-refractivity contribution < 1.29 is 14.3 Å². The fourth-order valence-electron chi connectivity index (χ4n) is 8.83. The molecule has 0 radical (unpaired) electrons. The van der Waals surface area contributed by atoms with Crippen molar-refractivity contribution in [2.24, 2.45) is 40.9 Å². The van der Waals surface area contributed by atoms with Crippen LogP contribution in [0.4, 0.5) is 0 Å². The number of fused-ring (bicyclic) bond motifs is 9. The van der Waals surface area contributed by atoms with Crippen molar-refractivity contribution in [1.82, 2.24) is 0 Å². The van der Waals surface area contributed by atoms with Crippen LogP contribution in [0.15, 0.2) is 11.6 Å². The molecule has 3 nitrogen and oxygen atoms in total. The number of carbonyl (C=O) groups is 2. The third-order valence-corrected chi connectivity index (χ3v) is 9.77. The average molecular weight is 354 g/mol. The molecule has 1 saturated heterocycles. The molecular weight excluding hydrogens is 324 g/mol. The lowest BCUT2D eigenvalue weighted by atomic mass is 9.49. The molecule has 1 heterocycles. The molecule has 140 valence electrons. The molecule has 6 rings (SSSR count). The highest BCUT2D eigenvalue weighted by Gasteiger charge is 2.70. The average Bonchev–Trinajstić information content (AvgIpc) is 3.27. The van der Waals surface area contributed by atoms with E-state index >= 15 is 0 Å². The third-order valence-electron chi connectivity index (χ3n) is 9.77. The Kier molecular flexibility index (Phi) is 3.07. The minimum absolute atomic E-state index is 0.0459. The van der Waals surface area contributed by atoms with E-state index in [0.717, 1.165) is 55.8 Å². The van der Waals surface area contributed by atoms with E-state index in [2.05, 4.69) is 6.92 Å². The van der Waals surface area contributed by atoms with Gasteiger partial charge in [-0.2, -0.15) is 0 Å². The van der Waals surface area contributed by atoms with Crippen molar-refractivity contribution in [3.8, 4) is 0 Å². The first kappa shape index (κ1) is 15.9. The highest BCUT2D eigenvalue weighted by molar-refractivity contribution is 5.91. The van der Waals surface area contributed by atoms with Crippen molar-refractivity contribution >= 4 is 11.8 Å². The van der Waals surface area contributed by atoms with Crippen LogP contribution < -0.4 is 0 Å². The quantitative estimate of drug-likeness (QED) is 0.654. The fraction of sp³-hybridized carbons (Fsp3) is 0.826. The predicted octanol–water partition coefficient (Wildman–Crippen LogP) is 4.45. The fourth-order valence-corrected chi connectivity index (χ4v) is 8.83. The summed E-state index contributed by atoms with van der Waals surface area (Å²) >= 11 is 0. The highest BCUT2D eigenvalue weighted by Crippen LogP contribution is 2.74. The zero-order chi connectivity index (χ0) is 17.7. The predicted molar refractivity (Wildman–Crippen MR) is 97.1 cm³/mol. The van der Waals surface area contributed by atoms with E-state index in [-0.39, 0.29) is 17.0 Å². The van der Waals surface area contributed by atoms with Crippen molar-refractivity contribution in [2.75, 3.05) is 0 Å². The highest BCUT2D eigenvalue weighted by atomic mass is 16.6. The van der Waals surface area contributed by atoms with Crippen molar-refractivity contribution in [2.45, 2.75) is 76.7 Å². The standard InChI is InChI=1S/C23H30O3/c1-2-22-8-5-15-14-4-3-13(24)11-16(14)17-12-18(17)21(15)19(22)6-9-23(22)10-7-20(25)26-23/h11,14-15,17-19,21H,2-10,12H2,1H3/t14-,15-,17?,18?,19+,21+,22+,23-/m1/s1. The van der Waals surface area contributed by atoms with Crippen LogP contribution in [0.25, 0.3) is 0 Å². The zero-order valence-electron chi connectivity index (χ0n) is 15.8. The molecule has 1 aliphatic heterocycles. The number of ketones is 1. The summed E-state index contributed by atoms with van der Waals surface area (Å²) in [6.45, 7) is 2.35. The molecule has 0 amide bonds. The van der Waals surface area contributed by atoms with E-state index in [9.17, 15) is 9.59 Å². The molecule has 0 N–H and O–H groups in total. The van der Waals surface area contributed by atoms with Gasteiger partial charge in [0.2, 0.25) is 0 Å². The van der Waals surface area contributed by atoms with Crippen LogP contribution in [0.2, 0.25) is 0 Å². The Balaban J connectivity index is 1.39. The molecule has 1 spiro atoms. The Morgan fingerprint density at radius 1 is 1.04 bits per heavy atom. The van der Waals surface area contributed by atoms with Gasteiger partial charge in [-0.25, -0.2) is 0 Å². The van der Waals surface area contributed by atoms with Gasteiger partial charge in [-0.3, -0.25) is 9.59 Å². The molecule has 4 saturated carbocycles. The topological polar surface area (TPSA) is 43.4 Å². The molecule has 26 heavy (non-hydrogen) atoms. The minimum atomic E-state index is -0.141. The van der Waals surface area contributed by atoms with Crippen molar-refractivity contribution in [3.63, 3.8) is 0 Å². The number of ether oxygens (including phenoxy) is 1. The van der Waals surface area contributed by atoms with Gasteiger partial charge < -0.3 is 4.74 Å². The van der Waals surface area contributed by atoms with Crippen LogP contribution >= 0.6 is 0 Å². The molecule has 5 fully saturated rings. The number of hydrogen-bond donors (Lipinski definition) is 0. The maximum Gasteiger partial charge on any atom is 0.306 e. The lowest BCUT2D eigenvalue weighted by molar-refractivity contribution is -0.170. The maximum absolute atomic E-state index is 12.0. The van der Waals surface area contributed by atoms with E-state index in [1.54, 1.807) is 0 Å². The summed E-state index contributed by atoms with van der Waals surface area (Å²) in [6.07, 6.45) is 12.9. The maximum atomic E-state index is 12.0. The second kappa shape index (κ2) is 5.02. The van der Waals surface area contributed by atoms with Gasteiger partial charge in [-0.1, -0.05) is 12.5 Å². The first-order valence-electron chi connectivity index (χ1n) is 11.0. The van der Waals surface area contributed by atoms with E-state index in [4.69, 9.17) is 4.74 Å². The molecule has 8 atom stereocenters. The number of esters is 1. The number of rotatable bonds is 1. The molecule has 0 aromatic carbocycles. The Labute approximate surface area is 155 Å². The third kappa shape index (κ3) is 1.76. The van der Waals surface area contributed by atoms with Crippen LogP contribution in [0.1, 0.15) is 71.1 Å². The van der Waals surface area contributed by atoms with Gasteiger partial charge in [0.15, 0.2) is 5.78 Å². The number of allylic oxidation sites excluding steroid dienone is 1. The molecule has 0 aromatic heterocycles. The molecule has 0 aromatic rings. The van der Waals surface area contributed by atoms with Gasteiger partial charge in [-0.15, -0.1) is 0 Å². The largest absolute Gasteiger partial charge is 0.458 e. The van der Waals surface area contributed by atoms with Crippen molar-refractivity contribution in [3.05, 3.63) is 11.6 Å². The Hall–Kier alpha value is -1.12. The van der Waals surface area contributed by atoms with Crippen LogP contribution in [-0.4, -0.2) is 17.4 Å². The van der Waals surface area contributed by atoms with Gasteiger partial charge in [-0.05, 0) is 93.0 Å². The Morgan fingerprint density at radius 3 is 2.69 bits per heavy atom. The van der Waals surface area contributed by atoms with E-state index in [1.165, 1.54) is 31.3 Å². The minimum Gasteiger partial charge on any atom is -0.458 e. The van der Waals surface area contributed by atoms with Gasteiger partial charge in [0.05, 0.1) is 0 Å². The molecular formula is C23H30O3. The summed E-state index contributed by atoms with van der Waals surface area (Å²) < 4.78 is 6.13. The molecule has 3 heteroatoms. The lowest BCUT2D eigenvalue weighted by Crippen LogP contribution is -2.54. The first-order valence-corrected chi connectivity index (χ1v) is 11.0. The Bertz CT molecular complexity index is 723. The van der Waals surface area contributed by atoms with E-state index in [1.807, 2.05) is 6.08 Å². The van der Waals surface area contributed by atoms with Gasteiger partial charge in [0.1, 0.15) is 5.60 Å². The van der Waals surface area contributed by atoms with Crippen LogP contribution in [0.3, 0.4) is 0 Å². The number of hydrogen-bond acceptors (Lipinski definition) is 3. The van der Waals surface area contributed by atoms with Gasteiger partial charge >= 0.3 is 5.97 Å². The molecule has 5 aliphatic carbocycles. The summed E-state index contributed by atoms with van der Waals surface area (Å²) in [5.41, 5.74) is 1.63. The summed E-state index contributed by atoms with van der Waals surface area (Å²) in [5, 5.41) is 0. The molecule has 0 bridgehead atoms. The van der Waals surface area contributed by atoms with E-state index in [0.29, 0.717) is 24.0 Å². The first-order chi connectivity index (χ1) is 12.6. The Morgan fingerprint density at radius 2 is 1.92 bits per heavy atom. The number of carbonyl (C=O) groups excluding carboxylic acids is 2. The van der Waals surface area contributed by atoms with Crippen LogP contribution in [0, 0.1) is 40.9 Å². The normalized spacial score (nSPS) is 54.1. The van der Waals surface area contributed by atoms with Crippen molar-refractivity contribution in [1.29, 1.82) is 0 Å². The summed E-state index contributed by atoms with van der Waals surface area (Å²) in [5.74, 6) is 4.97. The van der Waals surface area contributed by atoms with Gasteiger partial charge in [0.25, 0.3) is 0 Å². The van der Waals surface area contributed by atoms with Crippen LogP contribution in [0.5, 0.6) is 0 Å². The van der Waals surface area contributed by atoms with Gasteiger partial charge in [0, 0.05) is 18.3 Å². The monoisotopic (exact) mass is 354 g/mol. The van der Waals surface area contributed by atoms with E-state index < -0.39 is 0 Å². The second-order valence-corrected chi connectivity index (χ2v) is 10.2. The SMILES string of the molecule is CC[C@]12CC[C@H]3[C@@H](C4CC4C4=CC(=O)CC[C@@H]43)[C@@H]1CC[C@@]21CCC(=O)O1. The smallest absolute Gasteiger partial charge is 0.306 e. The molecule has 6 aliphatic rings. The van der Waals surface area contributed by atoms with Crippen LogP contribution in [-0.2, 0) is 14.3 Å². The summed E-state index contributed by atoms with van der Waals surface area (Å²) in [4.78, 5) is 24.0. The second-order valence-electron chi connectivity index (χ2n) is 10.2. The summed E-state index contributed by atoms with van der Waals surface area (Å²) in [7, 11) is 0. The molecule has 2 unspecified atom stereocenters. The lowest BCUT2D eigenvalue weighted by Gasteiger charge is -2.56.